The number of carbonyl (C=O) groups is 1. The summed E-state index contributed by atoms with van der Waals surface area (Å²) in [6.45, 7) is 11.2. The molecule has 0 unspecified atom stereocenters. The molecule has 0 fully saturated rings. The Hall–Kier alpha value is -2.19. The summed E-state index contributed by atoms with van der Waals surface area (Å²) in [6, 6.07) is 7.50. The first kappa shape index (κ1) is 25.1. The van der Waals surface area contributed by atoms with E-state index in [-0.39, 0.29) is 14.2 Å². The van der Waals surface area contributed by atoms with Gasteiger partial charge in [0.05, 0.1) is 18.5 Å². The van der Waals surface area contributed by atoms with Crippen molar-refractivity contribution in [1.29, 1.82) is 0 Å². The van der Waals surface area contributed by atoms with Gasteiger partial charge in [-0.05, 0) is 56.9 Å². The Labute approximate surface area is 188 Å². The molecule has 2 aromatic carbocycles. The van der Waals surface area contributed by atoms with Crippen LogP contribution in [0, 0.1) is 20.8 Å². The maximum atomic E-state index is 13.8. The van der Waals surface area contributed by atoms with E-state index in [2.05, 4.69) is 13.8 Å². The standard InChI is InChI=1S/C26H35O4P/c1-6-8-10-14-29-21-12-13-22(31-28)26(30-15-11-9-7-2)24(21)25(27)23-19(4)16-18(3)17-20(23)5/h12-13,16-17H,6-11,14-15H2,1-5H3. The second-order valence-corrected chi connectivity index (χ2v) is 8.76. The average molecular weight is 443 g/mol. The summed E-state index contributed by atoms with van der Waals surface area (Å²) in [5.74, 6) is 0.736. The predicted molar refractivity (Wildman–Crippen MR) is 128 cm³/mol. The van der Waals surface area contributed by atoms with Gasteiger partial charge in [-0.1, -0.05) is 57.2 Å². The first-order chi connectivity index (χ1) is 14.9. The molecular weight excluding hydrogens is 407 g/mol. The second kappa shape index (κ2) is 12.6. The molecule has 0 aliphatic rings. The van der Waals surface area contributed by atoms with Crippen LogP contribution in [0.4, 0.5) is 0 Å². The van der Waals surface area contributed by atoms with E-state index in [4.69, 9.17) is 9.47 Å². The molecule has 0 aromatic heterocycles. The van der Waals surface area contributed by atoms with E-state index in [0.717, 1.165) is 55.2 Å². The number of hydrogen-bond acceptors (Lipinski definition) is 4. The number of carbonyl (C=O) groups excluding carboxylic acids is 1. The van der Waals surface area contributed by atoms with Crippen molar-refractivity contribution in [3.05, 3.63) is 52.1 Å². The van der Waals surface area contributed by atoms with Crippen LogP contribution in [0.15, 0.2) is 24.3 Å². The summed E-state index contributed by atoms with van der Waals surface area (Å²) in [6.07, 6.45) is 6.07. The molecule has 0 N–H and O–H groups in total. The van der Waals surface area contributed by atoms with Crippen LogP contribution in [0.5, 0.6) is 11.5 Å². The largest absolute Gasteiger partial charge is 0.493 e. The van der Waals surface area contributed by atoms with Gasteiger partial charge in [0.15, 0.2) is 8.46 Å². The quantitative estimate of drug-likeness (QED) is 0.192. The predicted octanol–water partition coefficient (Wildman–Crippen LogP) is 6.90. The number of hydrogen-bond donors (Lipinski definition) is 0. The molecule has 168 valence electrons. The monoisotopic (exact) mass is 442 g/mol. The topological polar surface area (TPSA) is 52.6 Å². The van der Waals surface area contributed by atoms with E-state index >= 15 is 0 Å². The highest BCUT2D eigenvalue weighted by molar-refractivity contribution is 7.34. The van der Waals surface area contributed by atoms with Crippen molar-refractivity contribution in [1.82, 2.24) is 0 Å². The first-order valence-corrected chi connectivity index (χ1v) is 12.1. The molecule has 0 bridgehead atoms. The Morgan fingerprint density at radius 1 is 0.839 bits per heavy atom. The smallest absolute Gasteiger partial charge is 0.201 e. The van der Waals surface area contributed by atoms with Crippen molar-refractivity contribution in [3.63, 3.8) is 0 Å². The number of benzene rings is 2. The minimum absolute atomic E-state index is 0.142. The molecule has 5 heteroatoms. The lowest BCUT2D eigenvalue weighted by Gasteiger charge is -2.19. The number of aryl methyl sites for hydroxylation is 3. The van der Waals surface area contributed by atoms with E-state index in [1.54, 1.807) is 12.1 Å². The van der Waals surface area contributed by atoms with Crippen LogP contribution in [0.2, 0.25) is 0 Å². The Kier molecular flexibility index (Phi) is 10.2. The van der Waals surface area contributed by atoms with Crippen LogP contribution in [-0.4, -0.2) is 19.0 Å². The summed E-state index contributed by atoms with van der Waals surface area (Å²) >= 11 is 0. The fraction of sp³-hybridized carbons (Fsp3) is 0.500. The van der Waals surface area contributed by atoms with Crippen molar-refractivity contribution < 1.29 is 18.8 Å². The Morgan fingerprint density at radius 3 is 1.97 bits per heavy atom. The Balaban J connectivity index is 2.55. The molecule has 0 saturated carbocycles. The molecule has 0 spiro atoms. The lowest BCUT2D eigenvalue weighted by Crippen LogP contribution is -2.16. The van der Waals surface area contributed by atoms with Gasteiger partial charge < -0.3 is 9.47 Å². The number of unbranched alkanes of at least 4 members (excludes halogenated alkanes) is 4. The van der Waals surface area contributed by atoms with Crippen LogP contribution in [-0.2, 0) is 4.57 Å². The molecule has 0 heterocycles. The third-order valence-electron chi connectivity index (χ3n) is 5.33. The molecule has 4 nitrogen and oxygen atoms in total. The van der Waals surface area contributed by atoms with Crippen molar-refractivity contribution in [2.45, 2.75) is 73.1 Å². The molecular formula is C26H35O4P. The van der Waals surface area contributed by atoms with Crippen molar-refractivity contribution in [2.75, 3.05) is 13.2 Å². The SMILES string of the molecule is CCCCCOc1ccc(P=O)c(OCCCCC)c1C(=O)c1c(C)cc(C)cc1C. The van der Waals surface area contributed by atoms with Gasteiger partial charge in [0, 0.05) is 5.56 Å². The number of ketones is 1. The fourth-order valence-corrected chi connectivity index (χ4v) is 4.23. The highest BCUT2D eigenvalue weighted by atomic mass is 31.1. The fourth-order valence-electron chi connectivity index (χ4n) is 3.83. The lowest BCUT2D eigenvalue weighted by atomic mass is 9.92. The average Bonchev–Trinajstić information content (AvgIpc) is 2.73. The molecule has 2 rings (SSSR count). The van der Waals surface area contributed by atoms with Crippen LogP contribution in [0.3, 0.4) is 0 Å². The van der Waals surface area contributed by atoms with Crippen molar-refractivity contribution >= 4 is 19.5 Å². The van der Waals surface area contributed by atoms with Gasteiger partial charge in [0.2, 0.25) is 5.78 Å². The van der Waals surface area contributed by atoms with Gasteiger partial charge in [0.1, 0.15) is 17.1 Å². The summed E-state index contributed by atoms with van der Waals surface area (Å²) in [5, 5.41) is 0.475. The van der Waals surface area contributed by atoms with E-state index < -0.39 is 0 Å². The molecule has 0 amide bonds. The number of rotatable bonds is 13. The molecule has 31 heavy (non-hydrogen) atoms. The number of ether oxygens (including phenoxy) is 2. The molecule has 2 aromatic rings. The van der Waals surface area contributed by atoms with Gasteiger partial charge in [-0.25, -0.2) is 0 Å². The maximum Gasteiger partial charge on any atom is 0.201 e. The van der Waals surface area contributed by atoms with Gasteiger partial charge in [-0.2, -0.15) is 0 Å². The third kappa shape index (κ3) is 6.64. The van der Waals surface area contributed by atoms with E-state index in [1.807, 2.05) is 32.9 Å². The van der Waals surface area contributed by atoms with Crippen molar-refractivity contribution in [2.24, 2.45) is 0 Å². The van der Waals surface area contributed by atoms with Crippen LogP contribution in [0.25, 0.3) is 0 Å². The van der Waals surface area contributed by atoms with E-state index in [0.29, 0.717) is 41.1 Å². The van der Waals surface area contributed by atoms with Crippen molar-refractivity contribution in [3.8, 4) is 11.5 Å². The summed E-state index contributed by atoms with van der Waals surface area (Å²) in [4.78, 5) is 13.8. The Bertz CT molecular complexity index is 882. The summed E-state index contributed by atoms with van der Waals surface area (Å²) in [5.41, 5.74) is 3.99. The van der Waals surface area contributed by atoms with Crippen LogP contribution >= 0.6 is 8.46 Å². The van der Waals surface area contributed by atoms with E-state index in [1.165, 1.54) is 0 Å². The Morgan fingerprint density at radius 2 is 1.42 bits per heavy atom. The first-order valence-electron chi connectivity index (χ1n) is 11.3. The van der Waals surface area contributed by atoms with Gasteiger partial charge in [-0.3, -0.25) is 9.36 Å². The third-order valence-corrected chi connectivity index (χ3v) is 5.88. The molecule has 0 saturated heterocycles. The van der Waals surface area contributed by atoms with Gasteiger partial charge in [-0.15, -0.1) is 0 Å². The summed E-state index contributed by atoms with van der Waals surface area (Å²) < 4.78 is 24.0. The maximum absolute atomic E-state index is 13.8. The second-order valence-electron chi connectivity index (χ2n) is 8.09. The zero-order chi connectivity index (χ0) is 22.8. The minimum atomic E-state index is -0.175. The zero-order valence-corrected chi connectivity index (χ0v) is 20.4. The highest BCUT2D eigenvalue weighted by Crippen LogP contribution is 2.34. The normalized spacial score (nSPS) is 11.0. The molecule has 0 atom stereocenters. The molecule has 0 aliphatic carbocycles. The summed E-state index contributed by atoms with van der Waals surface area (Å²) in [7, 11) is -0.175. The molecule has 0 aliphatic heterocycles. The highest BCUT2D eigenvalue weighted by Gasteiger charge is 2.26. The van der Waals surface area contributed by atoms with Gasteiger partial charge in [0.25, 0.3) is 0 Å². The zero-order valence-electron chi connectivity index (χ0n) is 19.5. The van der Waals surface area contributed by atoms with Crippen LogP contribution < -0.4 is 14.8 Å². The van der Waals surface area contributed by atoms with E-state index in [9.17, 15) is 9.36 Å². The molecule has 0 radical (unpaired) electrons. The lowest BCUT2D eigenvalue weighted by molar-refractivity contribution is 0.102. The minimum Gasteiger partial charge on any atom is -0.493 e. The van der Waals surface area contributed by atoms with Gasteiger partial charge >= 0.3 is 0 Å². The van der Waals surface area contributed by atoms with Crippen LogP contribution in [0.1, 0.15) is 85.0 Å².